The molecule has 1 N–H and O–H groups in total. The first-order valence-electron chi connectivity index (χ1n) is 7.79. The summed E-state index contributed by atoms with van der Waals surface area (Å²) in [5, 5.41) is 3.35. The zero-order valence-corrected chi connectivity index (χ0v) is 12.2. The molecular weight excluding hydrogens is 234 g/mol. The lowest BCUT2D eigenvalue weighted by molar-refractivity contribution is 0.139. The third-order valence-electron chi connectivity index (χ3n) is 3.80. The van der Waals surface area contributed by atoms with Gasteiger partial charge in [-0.1, -0.05) is 25.1 Å². The second kappa shape index (κ2) is 8.34. The molecule has 1 aromatic rings. The van der Waals surface area contributed by atoms with Gasteiger partial charge in [-0.3, -0.25) is 0 Å². The van der Waals surface area contributed by atoms with Gasteiger partial charge in [-0.15, -0.1) is 0 Å². The molecule has 2 heteroatoms. The highest BCUT2D eigenvalue weighted by molar-refractivity contribution is 5.33. The van der Waals surface area contributed by atoms with E-state index in [1.165, 1.54) is 37.7 Å². The summed E-state index contributed by atoms with van der Waals surface area (Å²) >= 11 is 0. The van der Waals surface area contributed by atoms with Crippen LogP contribution >= 0.6 is 0 Å². The number of hydrogen-bond donors (Lipinski definition) is 1. The van der Waals surface area contributed by atoms with E-state index in [9.17, 15) is 0 Å². The summed E-state index contributed by atoms with van der Waals surface area (Å²) < 4.78 is 5.67. The van der Waals surface area contributed by atoms with Crippen LogP contribution in [0.3, 0.4) is 0 Å². The third kappa shape index (κ3) is 4.96. The van der Waals surface area contributed by atoms with Crippen molar-refractivity contribution in [2.24, 2.45) is 0 Å². The van der Waals surface area contributed by atoms with Crippen molar-refractivity contribution in [3.05, 3.63) is 34.9 Å². The van der Waals surface area contributed by atoms with Crippen molar-refractivity contribution in [1.82, 2.24) is 5.32 Å². The first-order chi connectivity index (χ1) is 9.40. The Kier molecular flexibility index (Phi) is 6.38. The molecule has 0 saturated carbocycles. The summed E-state index contributed by atoms with van der Waals surface area (Å²) in [5.41, 5.74) is 4.58. The number of fused-ring (bicyclic) bond motifs is 1. The number of aryl methyl sites for hydroxylation is 2. The van der Waals surface area contributed by atoms with Crippen molar-refractivity contribution in [3.63, 3.8) is 0 Å². The average molecular weight is 261 g/mol. The Labute approximate surface area is 117 Å². The van der Waals surface area contributed by atoms with Crippen LogP contribution < -0.4 is 5.32 Å². The molecule has 0 aromatic heterocycles. The van der Waals surface area contributed by atoms with E-state index in [0.29, 0.717) is 0 Å². The van der Waals surface area contributed by atoms with Crippen molar-refractivity contribution in [1.29, 1.82) is 0 Å². The molecule has 0 radical (unpaired) electrons. The predicted octanol–water partition coefficient (Wildman–Crippen LogP) is 3.12. The molecular formula is C17H27NO. The molecule has 2 nitrogen and oxygen atoms in total. The van der Waals surface area contributed by atoms with Crippen LogP contribution in [0.4, 0.5) is 0 Å². The fourth-order valence-electron chi connectivity index (χ4n) is 2.68. The predicted molar refractivity (Wildman–Crippen MR) is 80.8 cm³/mol. The van der Waals surface area contributed by atoms with Crippen LogP contribution in [-0.4, -0.2) is 26.3 Å². The topological polar surface area (TPSA) is 21.3 Å². The van der Waals surface area contributed by atoms with Gasteiger partial charge in [-0.05, 0) is 61.8 Å². The Morgan fingerprint density at radius 1 is 1.05 bits per heavy atom. The summed E-state index contributed by atoms with van der Waals surface area (Å²) in [6, 6.07) is 7.00. The monoisotopic (exact) mass is 261 g/mol. The van der Waals surface area contributed by atoms with Gasteiger partial charge in [0.2, 0.25) is 0 Å². The van der Waals surface area contributed by atoms with Gasteiger partial charge < -0.3 is 10.1 Å². The molecule has 0 spiro atoms. The van der Waals surface area contributed by atoms with Gasteiger partial charge in [0.15, 0.2) is 0 Å². The molecule has 1 aromatic carbocycles. The normalized spacial score (nSPS) is 14.4. The van der Waals surface area contributed by atoms with Crippen molar-refractivity contribution in [2.45, 2.75) is 45.4 Å². The van der Waals surface area contributed by atoms with Gasteiger partial charge in [0.1, 0.15) is 0 Å². The van der Waals surface area contributed by atoms with Gasteiger partial charge in [-0.2, -0.15) is 0 Å². The Balaban J connectivity index is 1.66. The van der Waals surface area contributed by atoms with Crippen molar-refractivity contribution in [2.75, 3.05) is 26.3 Å². The molecule has 0 atom stereocenters. The van der Waals surface area contributed by atoms with E-state index in [4.69, 9.17) is 4.74 Å². The molecule has 0 heterocycles. The summed E-state index contributed by atoms with van der Waals surface area (Å²) in [6.07, 6.45) is 7.49. The van der Waals surface area contributed by atoms with Crippen LogP contribution in [0.1, 0.15) is 42.9 Å². The SMILES string of the molecule is CCCNCCOCCc1ccc2c(c1)CCCC2. The highest BCUT2D eigenvalue weighted by atomic mass is 16.5. The lowest BCUT2D eigenvalue weighted by Crippen LogP contribution is -2.20. The van der Waals surface area contributed by atoms with E-state index in [1.54, 1.807) is 11.1 Å². The minimum atomic E-state index is 0.824. The molecule has 0 unspecified atom stereocenters. The third-order valence-corrected chi connectivity index (χ3v) is 3.80. The molecule has 0 fully saturated rings. The summed E-state index contributed by atoms with van der Waals surface area (Å²) in [5.74, 6) is 0. The number of nitrogens with one attached hydrogen (secondary N) is 1. The maximum atomic E-state index is 5.67. The maximum Gasteiger partial charge on any atom is 0.0591 e. The first-order valence-corrected chi connectivity index (χ1v) is 7.79. The zero-order chi connectivity index (χ0) is 13.3. The van der Waals surface area contributed by atoms with Crippen LogP contribution in [0.15, 0.2) is 18.2 Å². The highest BCUT2D eigenvalue weighted by Crippen LogP contribution is 2.22. The van der Waals surface area contributed by atoms with Gasteiger partial charge in [-0.25, -0.2) is 0 Å². The average Bonchev–Trinajstić information content (AvgIpc) is 2.46. The Hall–Kier alpha value is -0.860. The van der Waals surface area contributed by atoms with Crippen molar-refractivity contribution < 1.29 is 4.74 Å². The van der Waals surface area contributed by atoms with E-state index in [-0.39, 0.29) is 0 Å². The van der Waals surface area contributed by atoms with Gasteiger partial charge in [0, 0.05) is 6.54 Å². The van der Waals surface area contributed by atoms with Crippen LogP contribution in [0.2, 0.25) is 0 Å². The fraction of sp³-hybridized carbons (Fsp3) is 0.647. The standard InChI is InChI=1S/C17H27NO/c1-2-10-18-11-13-19-12-9-15-7-8-16-5-3-4-6-17(16)14-15/h7-8,14,18H,2-6,9-13H2,1H3. The molecule has 0 amide bonds. The minimum absolute atomic E-state index is 0.824. The number of benzene rings is 1. The Morgan fingerprint density at radius 3 is 2.74 bits per heavy atom. The molecule has 1 aliphatic carbocycles. The molecule has 0 aliphatic heterocycles. The summed E-state index contributed by atoms with van der Waals surface area (Å²) in [4.78, 5) is 0. The van der Waals surface area contributed by atoms with E-state index in [0.717, 1.165) is 32.7 Å². The molecule has 0 bridgehead atoms. The van der Waals surface area contributed by atoms with E-state index < -0.39 is 0 Å². The van der Waals surface area contributed by atoms with Crippen LogP contribution in [-0.2, 0) is 24.0 Å². The largest absolute Gasteiger partial charge is 0.380 e. The van der Waals surface area contributed by atoms with Gasteiger partial charge in [0.05, 0.1) is 13.2 Å². The van der Waals surface area contributed by atoms with Crippen LogP contribution in [0.25, 0.3) is 0 Å². The smallest absolute Gasteiger partial charge is 0.0591 e. The lowest BCUT2D eigenvalue weighted by atomic mass is 9.90. The minimum Gasteiger partial charge on any atom is -0.380 e. The quantitative estimate of drug-likeness (QED) is 0.726. The van der Waals surface area contributed by atoms with Crippen molar-refractivity contribution in [3.8, 4) is 0 Å². The zero-order valence-electron chi connectivity index (χ0n) is 12.2. The maximum absolute atomic E-state index is 5.67. The molecule has 19 heavy (non-hydrogen) atoms. The van der Waals surface area contributed by atoms with Gasteiger partial charge >= 0.3 is 0 Å². The number of rotatable bonds is 8. The second-order valence-corrected chi connectivity index (χ2v) is 5.42. The van der Waals surface area contributed by atoms with Crippen LogP contribution in [0.5, 0.6) is 0 Å². The molecule has 0 saturated heterocycles. The Bertz CT molecular complexity index is 376. The van der Waals surface area contributed by atoms with E-state index in [2.05, 4.69) is 30.4 Å². The lowest BCUT2D eigenvalue weighted by Gasteiger charge is -2.16. The second-order valence-electron chi connectivity index (χ2n) is 5.42. The van der Waals surface area contributed by atoms with Gasteiger partial charge in [0.25, 0.3) is 0 Å². The fourth-order valence-corrected chi connectivity index (χ4v) is 2.68. The highest BCUT2D eigenvalue weighted by Gasteiger charge is 2.09. The summed E-state index contributed by atoms with van der Waals surface area (Å²) in [6.45, 7) is 5.91. The van der Waals surface area contributed by atoms with E-state index in [1.807, 2.05) is 0 Å². The first kappa shape index (κ1) is 14.5. The van der Waals surface area contributed by atoms with Crippen molar-refractivity contribution >= 4 is 0 Å². The number of hydrogen-bond acceptors (Lipinski definition) is 2. The molecule has 106 valence electrons. The van der Waals surface area contributed by atoms with E-state index >= 15 is 0 Å². The molecule has 1 aliphatic rings. The summed E-state index contributed by atoms with van der Waals surface area (Å²) in [7, 11) is 0. The van der Waals surface area contributed by atoms with Crippen LogP contribution in [0, 0.1) is 0 Å². The molecule has 2 rings (SSSR count). The number of ether oxygens (including phenoxy) is 1. The Morgan fingerprint density at radius 2 is 1.89 bits per heavy atom.